The number of hydrogen-bond acceptors (Lipinski definition) is 2. The molecule has 0 bridgehead atoms. The highest BCUT2D eigenvalue weighted by Crippen LogP contribution is 1.92. The molecule has 0 aliphatic heterocycles. The standard InChI is InChI=1S/C8H14N2/c1-4-10-6-5-7(2)8(3)9/h5-6,9-10H,2,4H2,1,3H3/b6-5-,9-8?. The number of hydrogen-bond donors (Lipinski definition) is 2. The topological polar surface area (TPSA) is 35.9 Å². The van der Waals surface area contributed by atoms with Gasteiger partial charge in [-0.15, -0.1) is 0 Å². The molecule has 0 fully saturated rings. The third kappa shape index (κ3) is 3.89. The Balaban J connectivity index is 3.67. The van der Waals surface area contributed by atoms with Crippen molar-refractivity contribution >= 4 is 5.71 Å². The van der Waals surface area contributed by atoms with Crippen LogP contribution in [0.2, 0.25) is 0 Å². The SMILES string of the molecule is C=C(/C=C\NCC)C(C)=N. The Morgan fingerprint density at radius 2 is 2.30 bits per heavy atom. The van der Waals surface area contributed by atoms with Crippen LogP contribution in [0.3, 0.4) is 0 Å². The summed E-state index contributed by atoms with van der Waals surface area (Å²) in [6.45, 7) is 8.32. The van der Waals surface area contributed by atoms with Crippen LogP contribution in [-0.4, -0.2) is 12.3 Å². The van der Waals surface area contributed by atoms with Crippen LogP contribution in [0, 0.1) is 5.41 Å². The maximum absolute atomic E-state index is 7.16. The van der Waals surface area contributed by atoms with Gasteiger partial charge < -0.3 is 10.7 Å². The number of nitrogens with one attached hydrogen (secondary N) is 2. The third-order valence-corrected chi connectivity index (χ3v) is 1.09. The van der Waals surface area contributed by atoms with E-state index < -0.39 is 0 Å². The molecule has 0 radical (unpaired) electrons. The fraction of sp³-hybridized carbons (Fsp3) is 0.375. The Morgan fingerprint density at radius 3 is 2.70 bits per heavy atom. The Kier molecular flexibility index (Phi) is 4.29. The smallest absolute Gasteiger partial charge is 0.0349 e. The highest BCUT2D eigenvalue weighted by Gasteiger charge is 1.87. The van der Waals surface area contributed by atoms with Gasteiger partial charge in [0.25, 0.3) is 0 Å². The van der Waals surface area contributed by atoms with Crippen molar-refractivity contribution < 1.29 is 0 Å². The van der Waals surface area contributed by atoms with Crippen LogP contribution in [0.5, 0.6) is 0 Å². The van der Waals surface area contributed by atoms with Crippen LogP contribution in [0.1, 0.15) is 13.8 Å². The summed E-state index contributed by atoms with van der Waals surface area (Å²) in [6.07, 6.45) is 3.60. The van der Waals surface area contributed by atoms with Crippen LogP contribution >= 0.6 is 0 Å². The highest BCUT2D eigenvalue weighted by molar-refractivity contribution is 5.97. The van der Waals surface area contributed by atoms with Crippen molar-refractivity contribution in [2.75, 3.05) is 6.54 Å². The third-order valence-electron chi connectivity index (χ3n) is 1.09. The molecule has 0 saturated heterocycles. The second kappa shape index (κ2) is 4.79. The van der Waals surface area contributed by atoms with Crippen LogP contribution in [-0.2, 0) is 0 Å². The average molecular weight is 138 g/mol. The Labute approximate surface area is 62.1 Å². The van der Waals surface area contributed by atoms with Gasteiger partial charge in [-0.1, -0.05) is 6.58 Å². The molecule has 0 saturated carbocycles. The summed E-state index contributed by atoms with van der Waals surface area (Å²) in [7, 11) is 0. The van der Waals surface area contributed by atoms with Crippen molar-refractivity contribution in [3.8, 4) is 0 Å². The second-order valence-corrected chi connectivity index (χ2v) is 2.04. The van der Waals surface area contributed by atoms with Crippen molar-refractivity contribution in [1.82, 2.24) is 5.32 Å². The predicted octanol–water partition coefficient (Wildman–Crippen LogP) is 1.71. The zero-order chi connectivity index (χ0) is 7.98. The lowest BCUT2D eigenvalue weighted by molar-refractivity contribution is 0.919. The van der Waals surface area contributed by atoms with Crippen molar-refractivity contribution in [3.63, 3.8) is 0 Å². The van der Waals surface area contributed by atoms with Gasteiger partial charge in [0.2, 0.25) is 0 Å². The summed E-state index contributed by atoms with van der Waals surface area (Å²) in [5, 5.41) is 10.2. The lowest BCUT2D eigenvalue weighted by Gasteiger charge is -1.94. The fourth-order valence-corrected chi connectivity index (χ4v) is 0.402. The average Bonchev–Trinajstić information content (AvgIpc) is 1.88. The van der Waals surface area contributed by atoms with E-state index in [0.29, 0.717) is 5.71 Å². The Hall–Kier alpha value is -1.05. The molecule has 0 heterocycles. The van der Waals surface area contributed by atoms with Crippen LogP contribution in [0.4, 0.5) is 0 Å². The summed E-state index contributed by atoms with van der Waals surface area (Å²) in [5.41, 5.74) is 1.26. The zero-order valence-corrected chi connectivity index (χ0v) is 6.57. The first kappa shape index (κ1) is 8.95. The van der Waals surface area contributed by atoms with Gasteiger partial charge in [-0.25, -0.2) is 0 Å². The first-order valence-electron chi connectivity index (χ1n) is 3.32. The first-order valence-corrected chi connectivity index (χ1v) is 3.32. The quantitative estimate of drug-likeness (QED) is 0.450. The largest absolute Gasteiger partial charge is 0.391 e. The molecule has 0 aliphatic carbocycles. The van der Waals surface area contributed by atoms with E-state index in [-0.39, 0.29) is 0 Å². The molecule has 0 spiro atoms. The monoisotopic (exact) mass is 138 g/mol. The van der Waals surface area contributed by atoms with E-state index in [9.17, 15) is 0 Å². The van der Waals surface area contributed by atoms with E-state index in [1.807, 2.05) is 6.92 Å². The Morgan fingerprint density at radius 1 is 1.70 bits per heavy atom. The van der Waals surface area contributed by atoms with Crippen molar-refractivity contribution in [1.29, 1.82) is 5.41 Å². The molecule has 2 nitrogen and oxygen atoms in total. The van der Waals surface area contributed by atoms with E-state index in [1.165, 1.54) is 0 Å². The van der Waals surface area contributed by atoms with Crippen molar-refractivity contribution in [2.45, 2.75) is 13.8 Å². The minimum atomic E-state index is 0.508. The van der Waals surface area contributed by atoms with Crippen LogP contribution in [0.15, 0.2) is 24.4 Å². The molecule has 0 aromatic carbocycles. The molecule has 0 aromatic rings. The molecule has 0 aliphatic rings. The summed E-state index contributed by atoms with van der Waals surface area (Å²) < 4.78 is 0. The molecule has 0 amide bonds. The van der Waals surface area contributed by atoms with Crippen LogP contribution < -0.4 is 5.32 Å². The lowest BCUT2D eigenvalue weighted by atomic mass is 10.2. The second-order valence-electron chi connectivity index (χ2n) is 2.04. The summed E-state index contributed by atoms with van der Waals surface area (Å²) in [6, 6.07) is 0. The predicted molar refractivity (Wildman–Crippen MR) is 45.4 cm³/mol. The lowest BCUT2D eigenvalue weighted by Crippen LogP contribution is -2.02. The minimum Gasteiger partial charge on any atom is -0.391 e. The van der Waals surface area contributed by atoms with Gasteiger partial charge in [0.15, 0.2) is 0 Å². The van der Waals surface area contributed by atoms with Gasteiger partial charge in [0.1, 0.15) is 0 Å². The number of rotatable bonds is 4. The van der Waals surface area contributed by atoms with Crippen molar-refractivity contribution in [2.24, 2.45) is 0 Å². The summed E-state index contributed by atoms with van der Waals surface area (Å²) >= 11 is 0. The number of allylic oxidation sites excluding steroid dienone is 2. The normalized spacial score (nSPS) is 9.80. The summed E-state index contributed by atoms with van der Waals surface area (Å²) in [5.74, 6) is 0. The van der Waals surface area contributed by atoms with Gasteiger partial charge in [-0.2, -0.15) is 0 Å². The molecule has 0 atom stereocenters. The fourth-order valence-electron chi connectivity index (χ4n) is 0.402. The molecule has 0 rings (SSSR count). The van der Waals surface area contributed by atoms with Gasteiger partial charge in [0.05, 0.1) is 0 Å². The molecule has 56 valence electrons. The van der Waals surface area contributed by atoms with Gasteiger partial charge >= 0.3 is 0 Å². The molecule has 2 heteroatoms. The van der Waals surface area contributed by atoms with Crippen LogP contribution in [0.25, 0.3) is 0 Å². The van der Waals surface area contributed by atoms with E-state index in [0.717, 1.165) is 12.1 Å². The molecule has 10 heavy (non-hydrogen) atoms. The van der Waals surface area contributed by atoms with E-state index in [2.05, 4.69) is 11.9 Å². The minimum absolute atomic E-state index is 0.508. The van der Waals surface area contributed by atoms with Gasteiger partial charge in [-0.05, 0) is 31.7 Å². The summed E-state index contributed by atoms with van der Waals surface area (Å²) in [4.78, 5) is 0. The van der Waals surface area contributed by atoms with E-state index >= 15 is 0 Å². The molecular formula is C8H14N2. The maximum Gasteiger partial charge on any atom is 0.0349 e. The highest BCUT2D eigenvalue weighted by atomic mass is 14.8. The van der Waals surface area contributed by atoms with E-state index in [1.54, 1.807) is 19.2 Å². The molecule has 0 unspecified atom stereocenters. The van der Waals surface area contributed by atoms with E-state index in [4.69, 9.17) is 5.41 Å². The Bertz CT molecular complexity index is 157. The first-order chi connectivity index (χ1) is 4.68. The molecule has 2 N–H and O–H groups in total. The van der Waals surface area contributed by atoms with Gasteiger partial charge in [-0.3, -0.25) is 0 Å². The van der Waals surface area contributed by atoms with Gasteiger partial charge in [0, 0.05) is 12.3 Å². The molecular weight excluding hydrogens is 124 g/mol. The van der Waals surface area contributed by atoms with Crippen molar-refractivity contribution in [3.05, 3.63) is 24.4 Å². The maximum atomic E-state index is 7.16. The molecule has 0 aromatic heterocycles. The zero-order valence-electron chi connectivity index (χ0n) is 6.57.